The van der Waals surface area contributed by atoms with Crippen molar-refractivity contribution in [3.63, 3.8) is 0 Å². The van der Waals surface area contributed by atoms with Crippen molar-refractivity contribution in [2.45, 2.75) is 25.3 Å². The van der Waals surface area contributed by atoms with Gasteiger partial charge in [0.15, 0.2) is 0 Å². The number of carbonyl (C=O) groups is 1. The summed E-state index contributed by atoms with van der Waals surface area (Å²) in [7, 11) is 2.16. The zero-order chi connectivity index (χ0) is 12.8. The monoisotopic (exact) mass is 254 g/mol. The fourth-order valence-electron chi connectivity index (χ4n) is 2.75. The Morgan fingerprint density at radius 2 is 2.11 bits per heavy atom. The molecule has 1 atom stereocenters. The van der Waals surface area contributed by atoms with E-state index in [1.165, 1.54) is 0 Å². The van der Waals surface area contributed by atoms with Crippen LogP contribution in [0.1, 0.15) is 19.3 Å². The summed E-state index contributed by atoms with van der Waals surface area (Å²) in [6, 6.07) is 0.426. The van der Waals surface area contributed by atoms with E-state index in [9.17, 15) is 4.79 Å². The van der Waals surface area contributed by atoms with Crippen molar-refractivity contribution in [1.29, 1.82) is 0 Å². The third kappa shape index (κ3) is 4.23. The largest absolute Gasteiger partial charge is 0.356 e. The van der Waals surface area contributed by atoms with Gasteiger partial charge >= 0.3 is 0 Å². The molecular weight excluding hydrogens is 228 g/mol. The lowest BCUT2D eigenvalue weighted by molar-refractivity contribution is -0.121. The standard InChI is InChI=1S/C13H26N4O/c1-16(9-10-17-7-5-14-6-8-17)12-3-2-4-15-13(18)11-12/h12,14H,2-11H2,1H3,(H,15,18). The second kappa shape index (κ2) is 7.07. The Morgan fingerprint density at radius 3 is 2.89 bits per heavy atom. The van der Waals surface area contributed by atoms with Gasteiger partial charge < -0.3 is 15.5 Å². The van der Waals surface area contributed by atoms with Gasteiger partial charge in [0.2, 0.25) is 5.91 Å². The average Bonchev–Trinajstić information content (AvgIpc) is 2.62. The van der Waals surface area contributed by atoms with Crippen molar-refractivity contribution in [2.24, 2.45) is 0 Å². The van der Waals surface area contributed by atoms with E-state index in [-0.39, 0.29) is 5.91 Å². The van der Waals surface area contributed by atoms with Crippen LogP contribution in [0.15, 0.2) is 0 Å². The van der Waals surface area contributed by atoms with E-state index in [2.05, 4.69) is 27.5 Å². The second-order valence-corrected chi connectivity index (χ2v) is 5.42. The number of rotatable bonds is 4. The Kier molecular flexibility index (Phi) is 5.41. The molecule has 2 rings (SSSR count). The summed E-state index contributed by atoms with van der Waals surface area (Å²) in [5, 5.41) is 6.32. The Morgan fingerprint density at radius 1 is 1.33 bits per heavy atom. The maximum absolute atomic E-state index is 11.5. The van der Waals surface area contributed by atoms with Crippen molar-refractivity contribution >= 4 is 5.91 Å². The molecule has 2 heterocycles. The molecule has 5 nitrogen and oxygen atoms in total. The van der Waals surface area contributed by atoms with E-state index < -0.39 is 0 Å². The van der Waals surface area contributed by atoms with Crippen LogP contribution >= 0.6 is 0 Å². The first-order chi connectivity index (χ1) is 8.75. The molecule has 5 heteroatoms. The smallest absolute Gasteiger partial charge is 0.221 e. The van der Waals surface area contributed by atoms with Gasteiger partial charge in [0.05, 0.1) is 0 Å². The molecule has 18 heavy (non-hydrogen) atoms. The molecule has 0 aromatic carbocycles. The molecule has 2 N–H and O–H groups in total. The molecule has 0 bridgehead atoms. The number of nitrogens with zero attached hydrogens (tertiary/aromatic N) is 2. The molecular formula is C13H26N4O. The molecule has 0 radical (unpaired) electrons. The molecule has 0 aromatic rings. The highest BCUT2D eigenvalue weighted by molar-refractivity contribution is 5.76. The Hall–Kier alpha value is -0.650. The van der Waals surface area contributed by atoms with Crippen LogP contribution in [0.3, 0.4) is 0 Å². The van der Waals surface area contributed by atoms with Crippen molar-refractivity contribution in [2.75, 3.05) is 52.9 Å². The van der Waals surface area contributed by atoms with Gasteiger partial charge in [0.1, 0.15) is 0 Å². The zero-order valence-corrected chi connectivity index (χ0v) is 11.5. The van der Waals surface area contributed by atoms with Crippen LogP contribution in [0.2, 0.25) is 0 Å². The van der Waals surface area contributed by atoms with E-state index in [0.717, 1.165) is 58.7 Å². The molecule has 1 amide bonds. The van der Waals surface area contributed by atoms with Gasteiger partial charge in [0.25, 0.3) is 0 Å². The van der Waals surface area contributed by atoms with Crippen LogP contribution in [0, 0.1) is 0 Å². The predicted octanol–water partition coefficient (Wildman–Crippen LogP) is -0.508. The van der Waals surface area contributed by atoms with Gasteiger partial charge in [-0.1, -0.05) is 0 Å². The van der Waals surface area contributed by atoms with Crippen molar-refractivity contribution < 1.29 is 4.79 Å². The zero-order valence-electron chi connectivity index (χ0n) is 11.5. The molecule has 0 spiro atoms. The number of amides is 1. The lowest BCUT2D eigenvalue weighted by Gasteiger charge is -2.31. The number of hydrogen-bond acceptors (Lipinski definition) is 4. The molecule has 0 aliphatic carbocycles. The van der Waals surface area contributed by atoms with E-state index in [1.807, 2.05) is 0 Å². The van der Waals surface area contributed by atoms with E-state index >= 15 is 0 Å². The average molecular weight is 254 g/mol. The highest BCUT2D eigenvalue weighted by atomic mass is 16.1. The Labute approximate surface area is 110 Å². The quantitative estimate of drug-likeness (QED) is 0.709. The Balaban J connectivity index is 1.72. The SMILES string of the molecule is CN(CCN1CCNCC1)C1CCCNC(=O)C1. The predicted molar refractivity (Wildman–Crippen MR) is 72.6 cm³/mol. The van der Waals surface area contributed by atoms with E-state index in [1.54, 1.807) is 0 Å². The maximum Gasteiger partial charge on any atom is 0.221 e. The van der Waals surface area contributed by atoms with Crippen molar-refractivity contribution in [1.82, 2.24) is 20.4 Å². The van der Waals surface area contributed by atoms with Crippen LogP contribution in [0.4, 0.5) is 0 Å². The first-order valence-corrected chi connectivity index (χ1v) is 7.16. The van der Waals surface area contributed by atoms with Gasteiger partial charge in [-0.05, 0) is 19.9 Å². The normalized spacial score (nSPS) is 27.0. The summed E-state index contributed by atoms with van der Waals surface area (Å²) in [6.07, 6.45) is 2.91. The topological polar surface area (TPSA) is 47.6 Å². The van der Waals surface area contributed by atoms with Crippen LogP contribution < -0.4 is 10.6 Å². The van der Waals surface area contributed by atoms with Crippen LogP contribution in [0.25, 0.3) is 0 Å². The third-order valence-corrected chi connectivity index (χ3v) is 4.06. The van der Waals surface area contributed by atoms with Crippen LogP contribution in [0.5, 0.6) is 0 Å². The lowest BCUT2D eigenvalue weighted by Crippen LogP contribution is -2.47. The Bertz CT molecular complexity index is 266. The summed E-state index contributed by atoms with van der Waals surface area (Å²) in [4.78, 5) is 16.4. The summed E-state index contributed by atoms with van der Waals surface area (Å²) in [5.74, 6) is 0.214. The number of hydrogen-bond donors (Lipinski definition) is 2. The van der Waals surface area contributed by atoms with E-state index in [0.29, 0.717) is 12.5 Å². The molecule has 104 valence electrons. The summed E-state index contributed by atoms with van der Waals surface area (Å²) in [5.41, 5.74) is 0. The summed E-state index contributed by atoms with van der Waals surface area (Å²) >= 11 is 0. The fourth-order valence-corrected chi connectivity index (χ4v) is 2.75. The number of nitrogens with one attached hydrogen (secondary N) is 2. The van der Waals surface area contributed by atoms with Gasteiger partial charge in [-0.15, -0.1) is 0 Å². The third-order valence-electron chi connectivity index (χ3n) is 4.06. The van der Waals surface area contributed by atoms with Gasteiger partial charge in [-0.25, -0.2) is 0 Å². The lowest BCUT2D eigenvalue weighted by atomic mass is 10.1. The van der Waals surface area contributed by atoms with Crippen molar-refractivity contribution in [3.8, 4) is 0 Å². The number of carbonyl (C=O) groups excluding carboxylic acids is 1. The van der Waals surface area contributed by atoms with Crippen LogP contribution in [-0.4, -0.2) is 74.6 Å². The molecule has 2 saturated heterocycles. The minimum Gasteiger partial charge on any atom is -0.356 e. The highest BCUT2D eigenvalue weighted by Gasteiger charge is 2.21. The number of likely N-dealkylation sites (N-methyl/N-ethyl adjacent to an activating group) is 1. The minimum absolute atomic E-state index is 0.214. The van der Waals surface area contributed by atoms with Gasteiger partial charge in [0, 0.05) is 58.3 Å². The molecule has 2 fully saturated rings. The number of piperazine rings is 1. The highest BCUT2D eigenvalue weighted by Crippen LogP contribution is 2.12. The van der Waals surface area contributed by atoms with Crippen LogP contribution in [-0.2, 0) is 4.79 Å². The van der Waals surface area contributed by atoms with Gasteiger partial charge in [-0.2, -0.15) is 0 Å². The molecule has 0 saturated carbocycles. The van der Waals surface area contributed by atoms with E-state index in [4.69, 9.17) is 0 Å². The first kappa shape index (κ1) is 13.8. The minimum atomic E-state index is 0.214. The molecule has 1 unspecified atom stereocenters. The molecule has 2 aliphatic rings. The molecule has 0 aromatic heterocycles. The van der Waals surface area contributed by atoms with Crippen molar-refractivity contribution in [3.05, 3.63) is 0 Å². The van der Waals surface area contributed by atoms with Gasteiger partial charge in [-0.3, -0.25) is 9.69 Å². The fraction of sp³-hybridized carbons (Fsp3) is 0.923. The summed E-state index contributed by atoms with van der Waals surface area (Å²) in [6.45, 7) is 7.55. The second-order valence-electron chi connectivity index (χ2n) is 5.42. The molecule has 2 aliphatic heterocycles. The maximum atomic E-state index is 11.5. The summed E-state index contributed by atoms with van der Waals surface area (Å²) < 4.78 is 0. The first-order valence-electron chi connectivity index (χ1n) is 7.16.